The van der Waals surface area contributed by atoms with Gasteiger partial charge in [0.15, 0.2) is 0 Å². The number of imide groups is 1. The number of carbonyl (C=O) groups excluding carboxylic acids is 3. The van der Waals surface area contributed by atoms with E-state index < -0.39 is 23.6 Å². The van der Waals surface area contributed by atoms with Crippen molar-refractivity contribution in [2.24, 2.45) is 0 Å². The van der Waals surface area contributed by atoms with Crippen LogP contribution < -0.4 is 10.2 Å². The van der Waals surface area contributed by atoms with Crippen molar-refractivity contribution in [3.05, 3.63) is 95.6 Å². The van der Waals surface area contributed by atoms with E-state index >= 15 is 0 Å². The molecule has 1 atom stereocenters. The van der Waals surface area contributed by atoms with Crippen molar-refractivity contribution in [2.75, 3.05) is 10.2 Å². The Morgan fingerprint density at radius 2 is 1.50 bits per heavy atom. The van der Waals surface area contributed by atoms with Crippen molar-refractivity contribution >= 4 is 29.1 Å². The van der Waals surface area contributed by atoms with Gasteiger partial charge >= 0.3 is 0 Å². The maximum atomic E-state index is 13.4. The summed E-state index contributed by atoms with van der Waals surface area (Å²) < 4.78 is 0. The first-order valence-corrected chi connectivity index (χ1v) is 9.90. The summed E-state index contributed by atoms with van der Waals surface area (Å²) in [7, 11) is 0. The number of nitrogens with zero attached hydrogens (tertiary/aromatic N) is 1. The second-order valence-corrected chi connectivity index (χ2v) is 7.60. The summed E-state index contributed by atoms with van der Waals surface area (Å²) >= 11 is 0. The van der Waals surface area contributed by atoms with Crippen LogP contribution in [0.2, 0.25) is 0 Å². The predicted octanol–water partition coefficient (Wildman–Crippen LogP) is 4.72. The van der Waals surface area contributed by atoms with Gasteiger partial charge in [0.05, 0.1) is 5.69 Å². The molecule has 0 aliphatic carbocycles. The molecule has 0 saturated carbocycles. The van der Waals surface area contributed by atoms with Gasteiger partial charge in [-0.25, -0.2) is 4.90 Å². The molecule has 5 nitrogen and oxygen atoms in total. The average Bonchev–Trinajstić information content (AvgIpc) is 2.75. The molecular formula is C25H22N2O3. The van der Waals surface area contributed by atoms with E-state index in [1.54, 1.807) is 60.7 Å². The zero-order valence-corrected chi connectivity index (χ0v) is 16.8. The van der Waals surface area contributed by atoms with E-state index in [-0.39, 0.29) is 0 Å². The lowest BCUT2D eigenvalue weighted by Gasteiger charge is -2.32. The molecule has 0 fully saturated rings. The van der Waals surface area contributed by atoms with E-state index in [0.717, 1.165) is 10.5 Å². The zero-order valence-electron chi connectivity index (χ0n) is 16.8. The molecule has 1 unspecified atom stereocenters. The number of carbonyl (C=O) groups is 3. The molecule has 0 saturated heterocycles. The summed E-state index contributed by atoms with van der Waals surface area (Å²) in [4.78, 5) is 40.8. The zero-order chi connectivity index (χ0) is 21.3. The summed E-state index contributed by atoms with van der Waals surface area (Å²) in [6.45, 7) is 4.15. The third-order valence-corrected chi connectivity index (χ3v) is 5.29. The van der Waals surface area contributed by atoms with Crippen LogP contribution in [0.3, 0.4) is 0 Å². The molecule has 0 spiro atoms. The van der Waals surface area contributed by atoms with Gasteiger partial charge in [0.25, 0.3) is 11.8 Å². The Morgan fingerprint density at radius 3 is 2.17 bits per heavy atom. The molecule has 150 valence electrons. The number of amides is 3. The molecule has 1 aliphatic rings. The molecule has 30 heavy (non-hydrogen) atoms. The molecular weight excluding hydrogens is 376 g/mol. The van der Waals surface area contributed by atoms with Crippen LogP contribution in [0, 0.1) is 0 Å². The summed E-state index contributed by atoms with van der Waals surface area (Å²) in [5.41, 5.74) is 2.95. The molecule has 1 N–H and O–H groups in total. The van der Waals surface area contributed by atoms with Gasteiger partial charge < -0.3 is 5.32 Å². The average molecular weight is 398 g/mol. The molecule has 0 bridgehead atoms. The fourth-order valence-corrected chi connectivity index (χ4v) is 3.67. The second-order valence-electron chi connectivity index (χ2n) is 7.60. The molecule has 0 radical (unpaired) electrons. The van der Waals surface area contributed by atoms with Crippen molar-refractivity contribution in [1.29, 1.82) is 0 Å². The minimum Gasteiger partial charge on any atom is -0.325 e. The van der Waals surface area contributed by atoms with Crippen molar-refractivity contribution in [3.8, 4) is 0 Å². The van der Waals surface area contributed by atoms with Crippen molar-refractivity contribution < 1.29 is 14.4 Å². The smallest absolute Gasteiger partial charge is 0.265 e. The van der Waals surface area contributed by atoms with Gasteiger partial charge in [-0.2, -0.15) is 0 Å². The molecule has 0 aromatic heterocycles. The van der Waals surface area contributed by atoms with Crippen LogP contribution >= 0.6 is 0 Å². The van der Waals surface area contributed by atoms with Crippen LogP contribution in [-0.4, -0.2) is 17.7 Å². The number of anilines is 2. The first kappa shape index (κ1) is 19.6. The third kappa shape index (κ3) is 3.50. The first-order valence-electron chi connectivity index (χ1n) is 9.90. The van der Waals surface area contributed by atoms with Gasteiger partial charge in [-0.3, -0.25) is 14.4 Å². The molecule has 3 amide bonds. The molecule has 1 aliphatic heterocycles. The monoisotopic (exact) mass is 398 g/mol. The molecule has 3 aromatic carbocycles. The van der Waals surface area contributed by atoms with E-state index in [4.69, 9.17) is 0 Å². The minimum absolute atomic E-state index is 0.330. The number of rotatable bonds is 4. The maximum Gasteiger partial charge on any atom is 0.265 e. The van der Waals surface area contributed by atoms with Gasteiger partial charge in [-0.05, 0) is 47.4 Å². The van der Waals surface area contributed by atoms with Crippen LogP contribution in [0.4, 0.5) is 11.4 Å². The number of fused-ring (bicyclic) bond motifs is 1. The molecule has 3 aromatic rings. The van der Waals surface area contributed by atoms with Gasteiger partial charge in [-0.1, -0.05) is 62.4 Å². The highest BCUT2D eigenvalue weighted by Gasteiger charge is 2.43. The fourth-order valence-electron chi connectivity index (χ4n) is 3.67. The quantitative estimate of drug-likeness (QED) is 0.511. The summed E-state index contributed by atoms with van der Waals surface area (Å²) in [6.07, 6.45) is 0. The highest BCUT2D eigenvalue weighted by Crippen LogP contribution is 2.34. The lowest BCUT2D eigenvalue weighted by molar-refractivity contribution is -0.127. The van der Waals surface area contributed by atoms with Crippen LogP contribution in [0.25, 0.3) is 0 Å². The van der Waals surface area contributed by atoms with E-state index in [0.29, 0.717) is 28.4 Å². The lowest BCUT2D eigenvalue weighted by Crippen LogP contribution is -2.48. The minimum atomic E-state index is -1.11. The Morgan fingerprint density at radius 1 is 0.867 bits per heavy atom. The summed E-state index contributed by atoms with van der Waals surface area (Å²) in [5.74, 6) is -2.21. The number of nitrogens with one attached hydrogen (secondary N) is 1. The largest absolute Gasteiger partial charge is 0.325 e. The Labute approximate surface area is 175 Å². The first-order chi connectivity index (χ1) is 14.5. The molecule has 1 heterocycles. The Kier molecular flexibility index (Phi) is 5.19. The highest BCUT2D eigenvalue weighted by molar-refractivity contribution is 6.31. The van der Waals surface area contributed by atoms with Crippen molar-refractivity contribution in [3.63, 3.8) is 0 Å². The Balaban J connectivity index is 1.74. The van der Waals surface area contributed by atoms with Crippen LogP contribution in [0.5, 0.6) is 0 Å². The Hall–Kier alpha value is -3.73. The van der Waals surface area contributed by atoms with Crippen molar-refractivity contribution in [1.82, 2.24) is 0 Å². The summed E-state index contributed by atoms with van der Waals surface area (Å²) in [6, 6.07) is 23.1. The van der Waals surface area contributed by atoms with Crippen LogP contribution in [0.15, 0.2) is 78.9 Å². The third-order valence-electron chi connectivity index (χ3n) is 5.29. The van der Waals surface area contributed by atoms with Gasteiger partial charge in [-0.15, -0.1) is 0 Å². The van der Waals surface area contributed by atoms with Gasteiger partial charge in [0, 0.05) is 11.3 Å². The standard InChI is InChI=1S/C25H22N2O3/c1-16(2)17-12-14-19(15-13-17)27-24(29)21-11-7-6-10-20(21)22(25(27)30)23(28)26-18-8-4-3-5-9-18/h3-16,22H,1-2H3,(H,26,28). The van der Waals surface area contributed by atoms with E-state index in [9.17, 15) is 14.4 Å². The van der Waals surface area contributed by atoms with Crippen LogP contribution in [-0.2, 0) is 9.59 Å². The van der Waals surface area contributed by atoms with E-state index in [1.807, 2.05) is 18.2 Å². The van der Waals surface area contributed by atoms with Gasteiger partial charge in [0.1, 0.15) is 5.92 Å². The molecule has 4 rings (SSSR count). The highest BCUT2D eigenvalue weighted by atomic mass is 16.2. The second kappa shape index (κ2) is 7.95. The molecule has 5 heteroatoms. The number of benzene rings is 3. The van der Waals surface area contributed by atoms with E-state index in [1.165, 1.54) is 0 Å². The van der Waals surface area contributed by atoms with Crippen LogP contribution in [0.1, 0.15) is 47.2 Å². The maximum absolute atomic E-state index is 13.4. The number of hydrogen-bond donors (Lipinski definition) is 1. The lowest BCUT2D eigenvalue weighted by atomic mass is 9.87. The summed E-state index contributed by atoms with van der Waals surface area (Å²) in [5, 5.41) is 2.80. The Bertz CT molecular complexity index is 1100. The van der Waals surface area contributed by atoms with E-state index in [2.05, 4.69) is 19.2 Å². The fraction of sp³-hybridized carbons (Fsp3) is 0.160. The normalized spacial score (nSPS) is 15.8. The van der Waals surface area contributed by atoms with Crippen molar-refractivity contribution in [2.45, 2.75) is 25.7 Å². The predicted molar refractivity (Wildman–Crippen MR) is 117 cm³/mol. The SMILES string of the molecule is CC(C)c1ccc(N2C(=O)c3ccccc3C(C(=O)Nc3ccccc3)C2=O)cc1. The topological polar surface area (TPSA) is 66.5 Å². The number of para-hydroxylation sites is 1. The van der Waals surface area contributed by atoms with Gasteiger partial charge in [0.2, 0.25) is 5.91 Å². The number of hydrogen-bond acceptors (Lipinski definition) is 3.